The van der Waals surface area contributed by atoms with Crippen molar-refractivity contribution in [3.8, 4) is 0 Å². The number of nitrogens with zero attached hydrogens (tertiary/aromatic N) is 1. The molecule has 6 heteroatoms. The molecule has 1 heterocycles. The number of amides is 1. The number of halogens is 1. The molecular formula is C13H14FNO3S. The van der Waals surface area contributed by atoms with Gasteiger partial charge in [0.1, 0.15) is 5.82 Å². The van der Waals surface area contributed by atoms with Crippen LogP contribution >= 0.6 is 0 Å². The van der Waals surface area contributed by atoms with E-state index in [0.717, 1.165) is 5.41 Å². The van der Waals surface area contributed by atoms with E-state index >= 15 is 0 Å². The van der Waals surface area contributed by atoms with Crippen LogP contribution in [0, 0.1) is 5.82 Å². The molecule has 1 aromatic carbocycles. The number of carbonyl (C=O) groups is 1. The van der Waals surface area contributed by atoms with Crippen molar-refractivity contribution in [2.75, 3.05) is 10.7 Å². The van der Waals surface area contributed by atoms with Gasteiger partial charge < -0.3 is 4.90 Å². The molecule has 0 spiro atoms. The molecule has 1 aliphatic rings. The van der Waals surface area contributed by atoms with E-state index in [4.69, 9.17) is 0 Å². The fraction of sp³-hybridized carbons (Fsp3) is 0.308. The number of anilines is 1. The normalized spacial score (nSPS) is 20.4. The molecule has 1 aromatic rings. The van der Waals surface area contributed by atoms with Gasteiger partial charge in [-0.2, -0.15) is 0 Å². The summed E-state index contributed by atoms with van der Waals surface area (Å²) in [5.74, 6) is -0.726. The van der Waals surface area contributed by atoms with Crippen LogP contribution in [0.25, 0.3) is 0 Å². The quantitative estimate of drug-likeness (QED) is 0.851. The van der Waals surface area contributed by atoms with Crippen molar-refractivity contribution in [3.05, 3.63) is 41.6 Å². The maximum atomic E-state index is 12.9. The monoisotopic (exact) mass is 283 g/mol. The van der Waals surface area contributed by atoms with Crippen molar-refractivity contribution >= 4 is 21.4 Å². The summed E-state index contributed by atoms with van der Waals surface area (Å²) in [5, 5.41) is 1.12. The summed E-state index contributed by atoms with van der Waals surface area (Å²) in [7, 11) is -3.25. The van der Waals surface area contributed by atoms with Gasteiger partial charge in [-0.25, -0.2) is 12.8 Å². The SMILES string of the molecule is CCC(=O)N(c1ccc(F)cc1)[C@@H]1C=CS(=O)(=O)C1. The van der Waals surface area contributed by atoms with Crippen molar-refractivity contribution < 1.29 is 17.6 Å². The lowest BCUT2D eigenvalue weighted by Gasteiger charge is -2.27. The Morgan fingerprint density at radius 3 is 2.47 bits per heavy atom. The molecule has 0 bridgehead atoms. The second-order valence-corrected chi connectivity index (χ2v) is 6.25. The fourth-order valence-corrected chi connectivity index (χ4v) is 3.28. The Bertz CT molecular complexity index is 607. The predicted molar refractivity (Wildman–Crippen MR) is 70.9 cm³/mol. The standard InChI is InChI=1S/C13H14FNO3S/c1-2-13(16)15(11-5-3-10(14)4-6-11)12-7-8-19(17,18)9-12/h3-8,12H,2,9H2,1H3/t12-/m1/s1. The minimum Gasteiger partial charge on any atom is -0.304 e. The molecule has 4 nitrogen and oxygen atoms in total. The molecule has 1 amide bonds. The Morgan fingerprint density at radius 2 is 2.00 bits per heavy atom. The second-order valence-electron chi connectivity index (χ2n) is 4.32. The summed E-state index contributed by atoms with van der Waals surface area (Å²) in [6, 6.07) is 4.92. The van der Waals surface area contributed by atoms with Gasteiger partial charge in [0.25, 0.3) is 0 Å². The highest BCUT2D eigenvalue weighted by Gasteiger charge is 2.30. The third-order valence-corrected chi connectivity index (χ3v) is 4.30. The number of rotatable bonds is 3. The van der Waals surface area contributed by atoms with E-state index < -0.39 is 21.7 Å². The molecule has 0 radical (unpaired) electrons. The summed E-state index contributed by atoms with van der Waals surface area (Å²) in [6.45, 7) is 1.70. The van der Waals surface area contributed by atoms with Crippen molar-refractivity contribution in [2.45, 2.75) is 19.4 Å². The van der Waals surface area contributed by atoms with Gasteiger partial charge in [-0.05, 0) is 30.3 Å². The van der Waals surface area contributed by atoms with Gasteiger partial charge in [-0.1, -0.05) is 6.92 Å². The summed E-state index contributed by atoms with van der Waals surface area (Å²) in [6.07, 6.45) is 1.74. The summed E-state index contributed by atoms with van der Waals surface area (Å²) < 4.78 is 35.8. The zero-order valence-corrected chi connectivity index (χ0v) is 11.2. The third kappa shape index (κ3) is 3.01. The van der Waals surface area contributed by atoms with Crippen molar-refractivity contribution in [1.82, 2.24) is 0 Å². The van der Waals surface area contributed by atoms with Gasteiger partial charge >= 0.3 is 0 Å². The predicted octanol–water partition coefficient (Wildman–Crippen LogP) is 1.88. The number of carbonyl (C=O) groups excluding carboxylic acids is 1. The van der Waals surface area contributed by atoms with Crippen LogP contribution in [0.4, 0.5) is 10.1 Å². The molecule has 0 aromatic heterocycles. The van der Waals surface area contributed by atoms with Gasteiger partial charge in [0, 0.05) is 17.5 Å². The van der Waals surface area contributed by atoms with Gasteiger partial charge in [0.05, 0.1) is 11.8 Å². The van der Waals surface area contributed by atoms with E-state index in [9.17, 15) is 17.6 Å². The molecule has 0 N–H and O–H groups in total. The lowest BCUT2D eigenvalue weighted by atomic mass is 10.2. The van der Waals surface area contributed by atoms with Crippen molar-refractivity contribution in [2.24, 2.45) is 0 Å². The van der Waals surface area contributed by atoms with Crippen LogP contribution in [-0.4, -0.2) is 26.1 Å². The Balaban J connectivity index is 2.35. The van der Waals surface area contributed by atoms with Crippen LogP contribution in [0.2, 0.25) is 0 Å². The largest absolute Gasteiger partial charge is 0.304 e. The Kier molecular flexibility index (Phi) is 3.71. The minimum atomic E-state index is -3.25. The highest BCUT2D eigenvalue weighted by atomic mass is 32.2. The molecule has 0 aliphatic carbocycles. The van der Waals surface area contributed by atoms with E-state index in [2.05, 4.69) is 0 Å². The lowest BCUT2D eigenvalue weighted by Crippen LogP contribution is -2.40. The smallest absolute Gasteiger partial charge is 0.227 e. The number of benzene rings is 1. The molecule has 0 unspecified atom stereocenters. The first-order chi connectivity index (χ1) is 8.93. The van der Waals surface area contributed by atoms with E-state index in [0.29, 0.717) is 5.69 Å². The Morgan fingerprint density at radius 1 is 1.37 bits per heavy atom. The lowest BCUT2D eigenvalue weighted by molar-refractivity contribution is -0.118. The molecule has 0 saturated carbocycles. The van der Waals surface area contributed by atoms with E-state index in [-0.39, 0.29) is 18.1 Å². The van der Waals surface area contributed by atoms with Crippen LogP contribution in [0.3, 0.4) is 0 Å². The fourth-order valence-electron chi connectivity index (χ4n) is 2.01. The number of sulfone groups is 1. The topological polar surface area (TPSA) is 54.5 Å². The van der Waals surface area contributed by atoms with Gasteiger partial charge in [0.15, 0.2) is 9.84 Å². The average molecular weight is 283 g/mol. The molecule has 1 aliphatic heterocycles. The highest BCUT2D eigenvalue weighted by Crippen LogP contribution is 2.23. The van der Waals surface area contributed by atoms with Crippen LogP contribution in [0.1, 0.15) is 13.3 Å². The zero-order chi connectivity index (χ0) is 14.0. The van der Waals surface area contributed by atoms with Crippen LogP contribution < -0.4 is 4.90 Å². The zero-order valence-electron chi connectivity index (χ0n) is 10.4. The van der Waals surface area contributed by atoms with Crippen LogP contribution in [0.5, 0.6) is 0 Å². The molecule has 1 atom stereocenters. The molecule has 0 fully saturated rings. The summed E-state index contributed by atoms with van der Waals surface area (Å²) in [5.41, 5.74) is 0.500. The second kappa shape index (κ2) is 5.13. The Hall–Kier alpha value is -1.69. The molecular weight excluding hydrogens is 269 g/mol. The van der Waals surface area contributed by atoms with Crippen LogP contribution in [-0.2, 0) is 14.6 Å². The molecule has 102 valence electrons. The number of hydrogen-bond acceptors (Lipinski definition) is 3. The number of hydrogen-bond donors (Lipinski definition) is 0. The molecule has 19 heavy (non-hydrogen) atoms. The van der Waals surface area contributed by atoms with Crippen molar-refractivity contribution in [1.29, 1.82) is 0 Å². The van der Waals surface area contributed by atoms with Gasteiger partial charge in [0.2, 0.25) is 5.91 Å². The van der Waals surface area contributed by atoms with Crippen molar-refractivity contribution in [3.63, 3.8) is 0 Å². The average Bonchev–Trinajstić information content (AvgIpc) is 2.72. The summed E-state index contributed by atoms with van der Waals surface area (Å²) >= 11 is 0. The Labute approximate surface area is 111 Å². The molecule has 2 rings (SSSR count). The molecule has 0 saturated heterocycles. The maximum absolute atomic E-state index is 12.9. The van der Waals surface area contributed by atoms with E-state index in [1.807, 2.05) is 0 Å². The van der Waals surface area contributed by atoms with Crippen LogP contribution in [0.15, 0.2) is 35.7 Å². The van der Waals surface area contributed by atoms with E-state index in [1.54, 1.807) is 6.92 Å². The first-order valence-corrected chi connectivity index (χ1v) is 7.63. The minimum absolute atomic E-state index is 0.129. The third-order valence-electron chi connectivity index (χ3n) is 2.92. The maximum Gasteiger partial charge on any atom is 0.227 e. The van der Waals surface area contributed by atoms with Gasteiger partial charge in [-0.15, -0.1) is 0 Å². The highest BCUT2D eigenvalue weighted by molar-refractivity contribution is 7.94. The van der Waals surface area contributed by atoms with E-state index in [1.165, 1.54) is 35.2 Å². The van der Waals surface area contributed by atoms with Gasteiger partial charge in [-0.3, -0.25) is 4.79 Å². The first-order valence-electron chi connectivity index (χ1n) is 5.91. The summed E-state index contributed by atoms with van der Waals surface area (Å²) in [4.78, 5) is 13.4. The first kappa shape index (κ1) is 13.7.